The minimum atomic E-state index is -3.89. The van der Waals surface area contributed by atoms with E-state index < -0.39 is 27.9 Å². The number of methoxy groups -OCH3 is 1. The van der Waals surface area contributed by atoms with Gasteiger partial charge in [0.15, 0.2) is 0 Å². The molecule has 5 nitrogen and oxygen atoms in total. The first-order valence-corrected chi connectivity index (χ1v) is 7.67. The maximum atomic E-state index is 13.5. The number of hydrogen-bond donors (Lipinski definition) is 0. The van der Waals surface area contributed by atoms with Crippen molar-refractivity contribution in [3.05, 3.63) is 29.6 Å². The molecule has 0 aromatic heterocycles. The van der Waals surface area contributed by atoms with Gasteiger partial charge in [-0.3, -0.25) is 4.79 Å². The van der Waals surface area contributed by atoms with Crippen LogP contribution in [0.15, 0.2) is 23.1 Å². The minimum absolute atomic E-state index is 0.142. The fourth-order valence-electron chi connectivity index (χ4n) is 2.27. The van der Waals surface area contributed by atoms with Crippen molar-refractivity contribution in [2.45, 2.75) is 30.7 Å². The Morgan fingerprint density at radius 1 is 1.45 bits per heavy atom. The van der Waals surface area contributed by atoms with Crippen molar-refractivity contribution in [1.29, 1.82) is 0 Å². The molecule has 1 unspecified atom stereocenters. The van der Waals surface area contributed by atoms with E-state index in [9.17, 15) is 17.6 Å². The quantitative estimate of drug-likeness (QED) is 0.793. The zero-order chi connectivity index (χ0) is 14.9. The molecular weight excluding hydrogens is 285 g/mol. The van der Waals surface area contributed by atoms with Crippen molar-refractivity contribution in [2.75, 3.05) is 13.7 Å². The number of carbonyl (C=O) groups excluding carboxylic acids is 1. The molecule has 0 amide bonds. The lowest BCUT2D eigenvalue weighted by Gasteiger charge is -2.22. The summed E-state index contributed by atoms with van der Waals surface area (Å²) in [5.74, 6) is -1.17. The summed E-state index contributed by atoms with van der Waals surface area (Å²) >= 11 is 0. The summed E-state index contributed by atoms with van der Waals surface area (Å²) < 4.78 is 44.2. The van der Waals surface area contributed by atoms with Crippen molar-refractivity contribution >= 4 is 16.0 Å². The molecule has 110 valence electrons. The first-order chi connectivity index (χ1) is 9.37. The molecule has 20 heavy (non-hydrogen) atoms. The molecule has 1 aromatic rings. The van der Waals surface area contributed by atoms with Crippen molar-refractivity contribution < 1.29 is 22.3 Å². The van der Waals surface area contributed by atoms with Crippen LogP contribution in [0.5, 0.6) is 0 Å². The van der Waals surface area contributed by atoms with Gasteiger partial charge in [0.1, 0.15) is 11.9 Å². The largest absolute Gasteiger partial charge is 0.468 e. The third-order valence-electron chi connectivity index (χ3n) is 3.43. The number of aryl methyl sites for hydroxylation is 1. The van der Waals surface area contributed by atoms with Gasteiger partial charge in [-0.1, -0.05) is 6.07 Å². The normalized spacial score (nSPS) is 20.1. The summed E-state index contributed by atoms with van der Waals surface area (Å²) in [7, 11) is -2.67. The van der Waals surface area contributed by atoms with Crippen LogP contribution in [-0.2, 0) is 19.6 Å². The van der Waals surface area contributed by atoms with Gasteiger partial charge in [0.05, 0.1) is 12.0 Å². The standard InChI is InChI=1S/C13H16FNO4S/c1-9-5-6-10(8-11(9)14)20(17,18)15-7-3-4-12(15)13(16)19-2/h5-6,8,12H,3-4,7H2,1-2H3. The Morgan fingerprint density at radius 3 is 2.75 bits per heavy atom. The predicted octanol–water partition coefficient (Wildman–Crippen LogP) is 1.46. The van der Waals surface area contributed by atoms with E-state index in [2.05, 4.69) is 4.74 Å². The highest BCUT2D eigenvalue weighted by Crippen LogP contribution is 2.27. The molecule has 2 rings (SSSR count). The van der Waals surface area contributed by atoms with E-state index in [0.29, 0.717) is 18.4 Å². The maximum absolute atomic E-state index is 13.5. The summed E-state index contributed by atoms with van der Waals surface area (Å²) in [5, 5.41) is 0. The number of rotatable bonds is 3. The Kier molecular flexibility index (Phi) is 4.10. The van der Waals surface area contributed by atoms with Crippen LogP contribution in [0.3, 0.4) is 0 Å². The fourth-order valence-corrected chi connectivity index (χ4v) is 3.93. The van der Waals surface area contributed by atoms with E-state index in [4.69, 9.17) is 0 Å². The number of hydrogen-bond acceptors (Lipinski definition) is 4. The van der Waals surface area contributed by atoms with Crippen molar-refractivity contribution in [2.24, 2.45) is 0 Å². The third-order valence-corrected chi connectivity index (χ3v) is 5.33. The van der Waals surface area contributed by atoms with Crippen LogP contribution in [-0.4, -0.2) is 38.4 Å². The van der Waals surface area contributed by atoms with Crippen LogP contribution in [0.4, 0.5) is 4.39 Å². The molecule has 0 aliphatic carbocycles. The molecule has 1 aliphatic heterocycles. The molecule has 0 radical (unpaired) electrons. The van der Waals surface area contributed by atoms with Gasteiger partial charge in [-0.2, -0.15) is 4.31 Å². The van der Waals surface area contributed by atoms with Crippen LogP contribution in [0, 0.1) is 12.7 Å². The van der Waals surface area contributed by atoms with Crippen LogP contribution in [0.2, 0.25) is 0 Å². The highest BCUT2D eigenvalue weighted by molar-refractivity contribution is 7.89. The Bertz CT molecular complexity index is 629. The number of carbonyl (C=O) groups is 1. The van der Waals surface area contributed by atoms with Gasteiger partial charge < -0.3 is 4.74 Å². The lowest BCUT2D eigenvalue weighted by Crippen LogP contribution is -2.41. The fraction of sp³-hybridized carbons (Fsp3) is 0.462. The van der Waals surface area contributed by atoms with Gasteiger partial charge in [-0.05, 0) is 37.5 Å². The monoisotopic (exact) mass is 301 g/mol. The zero-order valence-corrected chi connectivity index (χ0v) is 12.1. The number of ether oxygens (including phenoxy) is 1. The number of esters is 1. The first-order valence-electron chi connectivity index (χ1n) is 6.23. The van der Waals surface area contributed by atoms with E-state index in [1.807, 2.05) is 0 Å². The summed E-state index contributed by atoms with van der Waals surface area (Å²) in [6.45, 7) is 1.79. The van der Waals surface area contributed by atoms with Gasteiger partial charge in [0.25, 0.3) is 0 Å². The highest BCUT2D eigenvalue weighted by atomic mass is 32.2. The molecule has 0 spiro atoms. The van der Waals surface area contributed by atoms with Crippen LogP contribution in [0.1, 0.15) is 18.4 Å². The molecule has 1 fully saturated rings. The SMILES string of the molecule is COC(=O)C1CCCN1S(=O)(=O)c1ccc(C)c(F)c1. The summed E-state index contributed by atoms with van der Waals surface area (Å²) in [6, 6.07) is 2.91. The Morgan fingerprint density at radius 2 is 2.15 bits per heavy atom. The Hall–Kier alpha value is -1.47. The summed E-state index contributed by atoms with van der Waals surface area (Å²) in [4.78, 5) is 11.5. The molecule has 0 N–H and O–H groups in total. The molecule has 1 aromatic carbocycles. The zero-order valence-electron chi connectivity index (χ0n) is 11.3. The van der Waals surface area contributed by atoms with Crippen LogP contribution >= 0.6 is 0 Å². The van der Waals surface area contributed by atoms with Crippen molar-refractivity contribution in [1.82, 2.24) is 4.31 Å². The van der Waals surface area contributed by atoms with Crippen LogP contribution < -0.4 is 0 Å². The number of halogens is 1. The third kappa shape index (κ3) is 2.55. The molecule has 1 heterocycles. The van der Waals surface area contributed by atoms with Gasteiger partial charge in [0, 0.05) is 6.54 Å². The van der Waals surface area contributed by atoms with Gasteiger partial charge >= 0.3 is 5.97 Å². The smallest absolute Gasteiger partial charge is 0.324 e. The van der Waals surface area contributed by atoms with Crippen LogP contribution in [0.25, 0.3) is 0 Å². The molecule has 1 aliphatic rings. The molecule has 0 saturated carbocycles. The minimum Gasteiger partial charge on any atom is -0.468 e. The maximum Gasteiger partial charge on any atom is 0.324 e. The van der Waals surface area contributed by atoms with Gasteiger partial charge in [-0.15, -0.1) is 0 Å². The number of sulfonamides is 1. The second-order valence-corrected chi connectivity index (χ2v) is 6.60. The number of benzene rings is 1. The molecule has 1 saturated heterocycles. The molecule has 7 heteroatoms. The average molecular weight is 301 g/mol. The molecule has 0 bridgehead atoms. The van der Waals surface area contributed by atoms with E-state index in [1.54, 1.807) is 6.92 Å². The molecular formula is C13H16FNO4S. The average Bonchev–Trinajstić information content (AvgIpc) is 2.90. The van der Waals surface area contributed by atoms with Crippen molar-refractivity contribution in [3.63, 3.8) is 0 Å². The Labute approximate surface area is 117 Å². The van der Waals surface area contributed by atoms with Gasteiger partial charge in [0.2, 0.25) is 10.0 Å². The summed E-state index contributed by atoms with van der Waals surface area (Å²) in [5.41, 5.74) is 0.370. The lowest BCUT2D eigenvalue weighted by atomic mass is 10.2. The van der Waals surface area contributed by atoms with Crippen molar-refractivity contribution in [3.8, 4) is 0 Å². The predicted molar refractivity (Wildman–Crippen MR) is 70.1 cm³/mol. The Balaban J connectivity index is 2.38. The second kappa shape index (κ2) is 5.49. The molecule has 1 atom stereocenters. The van der Waals surface area contributed by atoms with E-state index in [0.717, 1.165) is 10.4 Å². The summed E-state index contributed by atoms with van der Waals surface area (Å²) in [6.07, 6.45) is 0.994. The van der Waals surface area contributed by atoms with E-state index >= 15 is 0 Å². The van der Waals surface area contributed by atoms with Gasteiger partial charge in [-0.25, -0.2) is 12.8 Å². The highest BCUT2D eigenvalue weighted by Gasteiger charge is 2.40. The lowest BCUT2D eigenvalue weighted by molar-refractivity contribution is -0.144. The first kappa shape index (κ1) is 14.9. The van der Waals surface area contributed by atoms with E-state index in [-0.39, 0.29) is 11.4 Å². The van der Waals surface area contributed by atoms with E-state index in [1.165, 1.54) is 19.2 Å². The number of nitrogens with zero attached hydrogens (tertiary/aromatic N) is 1. The topological polar surface area (TPSA) is 63.7 Å². The second-order valence-electron chi connectivity index (χ2n) is 4.71.